The largest absolute Gasteiger partial charge is 0.403 e. The molecule has 1 aromatic heterocycles. The Bertz CT molecular complexity index is 801. The fraction of sp³-hybridized carbons (Fsp3) is 0.125. The molecule has 0 bridgehead atoms. The molecular formula is C16H13NO2. The number of hydrogen-bond donors (Lipinski definition) is 0. The maximum Gasteiger partial charge on any atom is 0.347 e. The van der Waals surface area contributed by atoms with Crippen molar-refractivity contribution in [3.8, 4) is 11.5 Å². The molecule has 0 saturated heterocycles. The zero-order valence-corrected chi connectivity index (χ0v) is 10.8. The lowest BCUT2D eigenvalue weighted by Crippen LogP contribution is -2.03. The van der Waals surface area contributed by atoms with Crippen LogP contribution in [0.1, 0.15) is 11.1 Å². The van der Waals surface area contributed by atoms with Gasteiger partial charge in [-0.3, -0.25) is 0 Å². The Morgan fingerprint density at radius 1 is 0.947 bits per heavy atom. The van der Waals surface area contributed by atoms with Crippen molar-refractivity contribution in [2.45, 2.75) is 13.8 Å². The summed E-state index contributed by atoms with van der Waals surface area (Å²) >= 11 is 0. The van der Waals surface area contributed by atoms with Crippen molar-refractivity contribution < 1.29 is 4.42 Å². The van der Waals surface area contributed by atoms with Gasteiger partial charge in [-0.2, -0.15) is 0 Å². The number of fused-ring (bicyclic) bond motifs is 1. The quantitative estimate of drug-likeness (QED) is 0.665. The highest BCUT2D eigenvalue weighted by Gasteiger charge is 2.08. The fourth-order valence-electron chi connectivity index (χ4n) is 2.01. The predicted octanol–water partition coefficient (Wildman–Crippen LogP) is 3.47. The van der Waals surface area contributed by atoms with Gasteiger partial charge < -0.3 is 4.42 Å². The molecule has 19 heavy (non-hydrogen) atoms. The molecule has 94 valence electrons. The average molecular weight is 251 g/mol. The van der Waals surface area contributed by atoms with Crippen molar-refractivity contribution in [2.24, 2.45) is 0 Å². The van der Waals surface area contributed by atoms with E-state index in [4.69, 9.17) is 4.42 Å². The van der Waals surface area contributed by atoms with Crippen LogP contribution in [-0.2, 0) is 0 Å². The van der Waals surface area contributed by atoms with E-state index in [0.717, 1.165) is 16.7 Å². The Kier molecular flexibility index (Phi) is 2.67. The lowest BCUT2D eigenvalue weighted by atomic mass is 10.1. The van der Waals surface area contributed by atoms with Crippen LogP contribution in [0, 0.1) is 13.8 Å². The monoisotopic (exact) mass is 251 g/mol. The van der Waals surface area contributed by atoms with Crippen LogP contribution in [0.5, 0.6) is 0 Å². The first-order chi connectivity index (χ1) is 9.13. The summed E-state index contributed by atoms with van der Waals surface area (Å²) < 4.78 is 5.30. The van der Waals surface area contributed by atoms with Gasteiger partial charge in [0, 0.05) is 5.56 Å². The first kappa shape index (κ1) is 11.7. The van der Waals surface area contributed by atoms with Crippen molar-refractivity contribution in [3.05, 3.63) is 64.0 Å². The molecule has 0 spiro atoms. The molecule has 3 rings (SSSR count). The molecule has 0 aliphatic rings. The molecule has 1 heterocycles. The van der Waals surface area contributed by atoms with Crippen LogP contribution in [0.2, 0.25) is 0 Å². The van der Waals surface area contributed by atoms with Crippen molar-refractivity contribution in [2.75, 3.05) is 0 Å². The van der Waals surface area contributed by atoms with Gasteiger partial charge in [-0.15, -0.1) is 0 Å². The minimum Gasteiger partial charge on any atom is -0.403 e. The van der Waals surface area contributed by atoms with E-state index in [1.165, 1.54) is 0 Å². The lowest BCUT2D eigenvalue weighted by Gasteiger charge is -2.02. The van der Waals surface area contributed by atoms with Gasteiger partial charge in [0.2, 0.25) is 5.89 Å². The molecule has 0 saturated carbocycles. The number of benzene rings is 2. The number of aryl methyl sites for hydroxylation is 2. The van der Waals surface area contributed by atoms with Gasteiger partial charge in [0.15, 0.2) is 0 Å². The Morgan fingerprint density at radius 3 is 2.37 bits per heavy atom. The Balaban J connectivity index is 2.24. The van der Waals surface area contributed by atoms with Crippen molar-refractivity contribution >= 4 is 10.9 Å². The SMILES string of the molecule is Cc1ccc(-c2nc3ccc(C)cc3c(=O)o2)cc1. The van der Waals surface area contributed by atoms with Gasteiger partial charge in [-0.1, -0.05) is 29.3 Å². The Hall–Kier alpha value is -2.42. The predicted molar refractivity (Wildman–Crippen MR) is 75.2 cm³/mol. The molecule has 0 aliphatic heterocycles. The third-order valence-corrected chi connectivity index (χ3v) is 3.08. The first-order valence-corrected chi connectivity index (χ1v) is 6.12. The number of hydrogen-bond acceptors (Lipinski definition) is 3. The van der Waals surface area contributed by atoms with E-state index in [9.17, 15) is 4.79 Å². The second kappa shape index (κ2) is 4.35. The van der Waals surface area contributed by atoms with Gasteiger partial charge in [0.25, 0.3) is 0 Å². The van der Waals surface area contributed by atoms with Gasteiger partial charge in [-0.05, 0) is 38.1 Å². The Morgan fingerprint density at radius 2 is 1.63 bits per heavy atom. The molecule has 0 fully saturated rings. The minimum atomic E-state index is -0.343. The molecule has 0 aliphatic carbocycles. The first-order valence-electron chi connectivity index (χ1n) is 6.12. The third-order valence-electron chi connectivity index (χ3n) is 3.08. The molecule has 3 nitrogen and oxygen atoms in total. The maximum atomic E-state index is 12.0. The molecule has 3 heteroatoms. The van der Waals surface area contributed by atoms with Gasteiger partial charge in [0.1, 0.15) is 0 Å². The van der Waals surface area contributed by atoms with Crippen molar-refractivity contribution in [1.29, 1.82) is 0 Å². The summed E-state index contributed by atoms with van der Waals surface area (Å²) in [6.45, 7) is 3.95. The lowest BCUT2D eigenvalue weighted by molar-refractivity contribution is 0.518. The van der Waals surface area contributed by atoms with Crippen LogP contribution in [0.15, 0.2) is 51.7 Å². The Labute approximate surface area is 110 Å². The number of nitrogens with zero attached hydrogens (tertiary/aromatic N) is 1. The smallest absolute Gasteiger partial charge is 0.347 e. The topological polar surface area (TPSA) is 43.1 Å². The van der Waals surface area contributed by atoms with Gasteiger partial charge >= 0.3 is 5.63 Å². The van der Waals surface area contributed by atoms with Crippen LogP contribution in [0.3, 0.4) is 0 Å². The summed E-state index contributed by atoms with van der Waals surface area (Å²) in [5.41, 5.74) is 3.30. The van der Waals surface area contributed by atoms with Crippen LogP contribution in [0.25, 0.3) is 22.4 Å². The summed E-state index contributed by atoms with van der Waals surface area (Å²) in [7, 11) is 0. The summed E-state index contributed by atoms with van der Waals surface area (Å²) in [6, 6.07) is 13.3. The highest BCUT2D eigenvalue weighted by Crippen LogP contribution is 2.19. The minimum absolute atomic E-state index is 0.343. The van der Waals surface area contributed by atoms with Gasteiger partial charge in [0.05, 0.1) is 10.9 Å². The van der Waals surface area contributed by atoms with Crippen LogP contribution in [-0.4, -0.2) is 4.98 Å². The molecule has 0 unspecified atom stereocenters. The molecular weight excluding hydrogens is 238 g/mol. The maximum absolute atomic E-state index is 12.0. The highest BCUT2D eigenvalue weighted by atomic mass is 16.4. The van der Waals surface area contributed by atoms with Crippen molar-refractivity contribution in [1.82, 2.24) is 4.98 Å². The molecule has 0 N–H and O–H groups in total. The van der Waals surface area contributed by atoms with E-state index in [-0.39, 0.29) is 5.63 Å². The normalized spacial score (nSPS) is 10.8. The molecule has 0 radical (unpaired) electrons. The summed E-state index contributed by atoms with van der Waals surface area (Å²) in [6.07, 6.45) is 0. The highest BCUT2D eigenvalue weighted by molar-refractivity contribution is 5.79. The second-order valence-corrected chi connectivity index (χ2v) is 4.69. The summed E-state index contributed by atoms with van der Waals surface area (Å²) in [4.78, 5) is 16.4. The average Bonchev–Trinajstić information content (AvgIpc) is 2.40. The van der Waals surface area contributed by atoms with Crippen LogP contribution < -0.4 is 5.63 Å². The van der Waals surface area contributed by atoms with E-state index < -0.39 is 0 Å². The fourth-order valence-corrected chi connectivity index (χ4v) is 2.01. The molecule has 3 aromatic rings. The number of aromatic nitrogens is 1. The van der Waals surface area contributed by atoms with Crippen molar-refractivity contribution in [3.63, 3.8) is 0 Å². The van der Waals surface area contributed by atoms with Crippen LogP contribution >= 0.6 is 0 Å². The zero-order chi connectivity index (χ0) is 13.4. The zero-order valence-electron chi connectivity index (χ0n) is 10.8. The molecule has 0 amide bonds. The third kappa shape index (κ3) is 2.15. The van der Waals surface area contributed by atoms with E-state index in [0.29, 0.717) is 16.8 Å². The summed E-state index contributed by atoms with van der Waals surface area (Å²) in [5.74, 6) is 0.362. The van der Waals surface area contributed by atoms with Crippen LogP contribution in [0.4, 0.5) is 0 Å². The molecule has 2 aromatic carbocycles. The summed E-state index contributed by atoms with van der Waals surface area (Å²) in [5, 5.41) is 0.524. The van der Waals surface area contributed by atoms with Gasteiger partial charge in [-0.25, -0.2) is 9.78 Å². The number of rotatable bonds is 1. The molecule has 0 atom stereocenters. The van der Waals surface area contributed by atoms with E-state index in [1.54, 1.807) is 6.07 Å². The standard InChI is InChI=1S/C16H13NO2/c1-10-3-6-12(7-4-10)15-17-14-8-5-11(2)9-13(14)16(18)19-15/h3-9H,1-2H3. The second-order valence-electron chi connectivity index (χ2n) is 4.69. The van der Waals surface area contributed by atoms with E-state index in [2.05, 4.69) is 4.98 Å². The van der Waals surface area contributed by atoms with E-state index >= 15 is 0 Å². The van der Waals surface area contributed by atoms with E-state index in [1.807, 2.05) is 50.2 Å².